The molecule has 110 valence electrons. The quantitative estimate of drug-likeness (QED) is 0.465. The van der Waals surface area contributed by atoms with Crippen molar-refractivity contribution in [3.63, 3.8) is 0 Å². The van der Waals surface area contributed by atoms with Crippen LogP contribution in [-0.2, 0) is 16.0 Å². The molecule has 2 rings (SSSR count). The van der Waals surface area contributed by atoms with E-state index in [1.165, 1.54) is 11.3 Å². The summed E-state index contributed by atoms with van der Waals surface area (Å²) in [5.74, 6) is -0.639. The highest BCUT2D eigenvalue weighted by atomic mass is 32.2. The molecule has 0 atom stereocenters. The van der Waals surface area contributed by atoms with Gasteiger partial charge in [-0.15, -0.1) is 23.1 Å². The summed E-state index contributed by atoms with van der Waals surface area (Å²) in [4.78, 5) is 28.8. The van der Waals surface area contributed by atoms with Crippen LogP contribution in [0.3, 0.4) is 0 Å². The second kappa shape index (κ2) is 7.38. The van der Waals surface area contributed by atoms with Crippen molar-refractivity contribution >= 4 is 34.9 Å². The number of nitrogens with zero attached hydrogens (tertiary/aromatic N) is 1. The van der Waals surface area contributed by atoms with Crippen LogP contribution in [0.25, 0.3) is 0 Å². The number of benzene rings is 1. The third kappa shape index (κ3) is 4.68. The first kappa shape index (κ1) is 15.7. The Bertz CT molecular complexity index is 635. The summed E-state index contributed by atoms with van der Waals surface area (Å²) >= 11 is 3.09. The first-order chi connectivity index (χ1) is 10.1. The molecule has 0 saturated heterocycles. The number of Topliss-reactive ketones (excluding diaryl/α,β-unsaturated/α-hetero) is 1. The van der Waals surface area contributed by atoms with E-state index in [4.69, 9.17) is 4.74 Å². The number of ether oxygens (including phenoxy) is 1. The zero-order chi connectivity index (χ0) is 15.2. The van der Waals surface area contributed by atoms with Crippen molar-refractivity contribution < 1.29 is 14.3 Å². The minimum absolute atomic E-state index is 0.100. The van der Waals surface area contributed by atoms with Crippen molar-refractivity contribution in [3.05, 3.63) is 45.9 Å². The van der Waals surface area contributed by atoms with E-state index >= 15 is 0 Å². The van der Waals surface area contributed by atoms with Gasteiger partial charge in [-0.3, -0.25) is 9.59 Å². The van der Waals surface area contributed by atoms with Gasteiger partial charge < -0.3 is 4.74 Å². The van der Waals surface area contributed by atoms with Crippen LogP contribution >= 0.6 is 23.1 Å². The number of carbonyl (C=O) groups excluding carboxylic acids is 2. The second-order valence-electron chi connectivity index (χ2n) is 4.35. The number of rotatable bonds is 6. The predicted octanol–water partition coefficient (Wildman–Crippen LogP) is 3.14. The summed E-state index contributed by atoms with van der Waals surface area (Å²) in [5, 5.41) is 2.72. The van der Waals surface area contributed by atoms with Gasteiger partial charge in [-0.25, -0.2) is 4.98 Å². The molecule has 1 aromatic carbocycles. The molecule has 0 saturated carbocycles. The van der Waals surface area contributed by atoms with Crippen molar-refractivity contribution in [1.82, 2.24) is 4.98 Å². The molecule has 1 aromatic heterocycles. The highest BCUT2D eigenvalue weighted by molar-refractivity contribution is 7.98. The monoisotopic (exact) mass is 321 g/mol. The van der Waals surface area contributed by atoms with Gasteiger partial charge in [0, 0.05) is 15.8 Å². The molecule has 1 heterocycles. The number of hydrogen-bond acceptors (Lipinski definition) is 6. The van der Waals surface area contributed by atoms with Crippen LogP contribution in [0.2, 0.25) is 0 Å². The lowest BCUT2D eigenvalue weighted by Gasteiger charge is -2.04. The Labute approximate surface area is 131 Å². The predicted molar refractivity (Wildman–Crippen MR) is 84.1 cm³/mol. The molecule has 0 radical (unpaired) electrons. The summed E-state index contributed by atoms with van der Waals surface area (Å²) in [5.41, 5.74) is 1.23. The standard InChI is InChI=1S/C15H15NO3S2/c1-10-16-12(9-21-10)7-15(18)19-8-14(17)11-3-5-13(20-2)6-4-11/h3-6,9H,7-8H2,1-2H3. The van der Waals surface area contributed by atoms with Crippen LogP contribution in [0.15, 0.2) is 34.5 Å². The lowest BCUT2D eigenvalue weighted by Crippen LogP contribution is -2.15. The maximum absolute atomic E-state index is 11.9. The Morgan fingerprint density at radius 3 is 2.57 bits per heavy atom. The van der Waals surface area contributed by atoms with Gasteiger partial charge in [-0.05, 0) is 25.3 Å². The molecule has 0 bridgehead atoms. The summed E-state index contributed by atoms with van der Waals surface area (Å²) in [7, 11) is 0. The van der Waals surface area contributed by atoms with E-state index in [0.29, 0.717) is 11.3 Å². The van der Waals surface area contributed by atoms with Crippen LogP contribution in [0.5, 0.6) is 0 Å². The Morgan fingerprint density at radius 1 is 1.29 bits per heavy atom. The third-order valence-electron chi connectivity index (χ3n) is 2.77. The van der Waals surface area contributed by atoms with Crippen molar-refractivity contribution in [3.8, 4) is 0 Å². The second-order valence-corrected chi connectivity index (χ2v) is 6.29. The van der Waals surface area contributed by atoms with E-state index in [1.807, 2.05) is 30.7 Å². The van der Waals surface area contributed by atoms with E-state index in [9.17, 15) is 9.59 Å². The normalized spacial score (nSPS) is 10.4. The Hall–Kier alpha value is -1.66. The number of hydrogen-bond donors (Lipinski definition) is 0. The molecule has 2 aromatic rings. The van der Waals surface area contributed by atoms with Gasteiger partial charge in [0.05, 0.1) is 17.1 Å². The van der Waals surface area contributed by atoms with Crippen molar-refractivity contribution in [1.29, 1.82) is 0 Å². The molecule has 0 amide bonds. The van der Waals surface area contributed by atoms with Gasteiger partial charge in [-0.1, -0.05) is 12.1 Å². The van der Waals surface area contributed by atoms with E-state index in [1.54, 1.807) is 23.9 Å². The molecule has 0 N–H and O–H groups in total. The highest BCUT2D eigenvalue weighted by Gasteiger charge is 2.12. The van der Waals surface area contributed by atoms with Crippen molar-refractivity contribution in [2.45, 2.75) is 18.2 Å². The summed E-state index contributed by atoms with van der Waals surface area (Å²) in [6, 6.07) is 7.23. The lowest BCUT2D eigenvalue weighted by molar-refractivity contribution is -0.141. The van der Waals surface area contributed by atoms with Crippen LogP contribution < -0.4 is 0 Å². The van der Waals surface area contributed by atoms with Crippen LogP contribution in [-0.4, -0.2) is 29.6 Å². The minimum Gasteiger partial charge on any atom is -0.457 e. The highest BCUT2D eigenvalue weighted by Crippen LogP contribution is 2.15. The molecule has 6 heteroatoms. The molecule has 0 aliphatic carbocycles. The van der Waals surface area contributed by atoms with Crippen LogP contribution in [0.4, 0.5) is 0 Å². The largest absolute Gasteiger partial charge is 0.457 e. The average Bonchev–Trinajstić information content (AvgIpc) is 2.90. The van der Waals surface area contributed by atoms with E-state index in [-0.39, 0.29) is 18.8 Å². The van der Waals surface area contributed by atoms with Gasteiger partial charge in [0.15, 0.2) is 12.4 Å². The molecule has 4 nitrogen and oxygen atoms in total. The molecule has 21 heavy (non-hydrogen) atoms. The first-order valence-electron chi connectivity index (χ1n) is 6.32. The third-order valence-corrected chi connectivity index (χ3v) is 4.33. The number of aromatic nitrogens is 1. The fourth-order valence-electron chi connectivity index (χ4n) is 1.69. The van der Waals surface area contributed by atoms with Crippen molar-refractivity contribution in [2.24, 2.45) is 0 Å². The smallest absolute Gasteiger partial charge is 0.312 e. The van der Waals surface area contributed by atoms with E-state index in [2.05, 4.69) is 4.98 Å². The molecule has 0 aliphatic heterocycles. The number of ketones is 1. The SMILES string of the molecule is CSc1ccc(C(=O)COC(=O)Cc2csc(C)n2)cc1. The fourth-order valence-corrected chi connectivity index (χ4v) is 2.72. The molecule has 0 fully saturated rings. The van der Waals surface area contributed by atoms with Gasteiger partial charge in [0.2, 0.25) is 0 Å². The van der Waals surface area contributed by atoms with Gasteiger partial charge in [0.1, 0.15) is 0 Å². The van der Waals surface area contributed by atoms with Crippen LogP contribution in [0.1, 0.15) is 21.1 Å². The molecule has 0 aliphatic rings. The van der Waals surface area contributed by atoms with Gasteiger partial charge in [0.25, 0.3) is 0 Å². The summed E-state index contributed by atoms with van der Waals surface area (Å²) < 4.78 is 5.00. The number of thioether (sulfide) groups is 1. The number of thiazole rings is 1. The van der Waals surface area contributed by atoms with Crippen molar-refractivity contribution in [2.75, 3.05) is 12.9 Å². The maximum Gasteiger partial charge on any atom is 0.312 e. The number of aryl methyl sites for hydroxylation is 1. The van der Waals surface area contributed by atoms with E-state index in [0.717, 1.165) is 9.90 Å². The fraction of sp³-hybridized carbons (Fsp3) is 0.267. The summed E-state index contributed by atoms with van der Waals surface area (Å²) in [6.07, 6.45) is 2.07. The topological polar surface area (TPSA) is 56.3 Å². The zero-order valence-electron chi connectivity index (χ0n) is 11.8. The first-order valence-corrected chi connectivity index (χ1v) is 8.43. The van der Waals surface area contributed by atoms with Crippen LogP contribution in [0, 0.1) is 6.92 Å². The maximum atomic E-state index is 11.9. The molecule has 0 spiro atoms. The molecule has 0 unspecified atom stereocenters. The minimum atomic E-state index is -0.436. The lowest BCUT2D eigenvalue weighted by atomic mass is 10.1. The summed E-state index contributed by atoms with van der Waals surface area (Å²) in [6.45, 7) is 1.64. The Morgan fingerprint density at radius 2 is 2.00 bits per heavy atom. The number of esters is 1. The number of carbonyl (C=O) groups is 2. The van der Waals surface area contributed by atoms with E-state index < -0.39 is 5.97 Å². The average molecular weight is 321 g/mol. The zero-order valence-corrected chi connectivity index (χ0v) is 13.4. The molecular weight excluding hydrogens is 306 g/mol. The van der Waals surface area contributed by atoms with Gasteiger partial charge >= 0.3 is 5.97 Å². The molecular formula is C15H15NO3S2. The Kier molecular flexibility index (Phi) is 5.52. The Balaban J connectivity index is 1.83. The van der Waals surface area contributed by atoms with Gasteiger partial charge in [-0.2, -0.15) is 0 Å².